The maximum Gasteiger partial charge on any atom is 0.0736 e. The maximum atomic E-state index is 3.78. The predicted octanol–water partition coefficient (Wildman–Crippen LogP) is 8.15. The Bertz CT molecular complexity index is 1710. The number of benzene rings is 5. The van der Waals surface area contributed by atoms with Crippen molar-refractivity contribution in [2.75, 3.05) is 0 Å². The molecule has 1 aliphatic heterocycles. The van der Waals surface area contributed by atoms with Gasteiger partial charge in [0.25, 0.3) is 0 Å². The number of aromatic nitrogens is 1. The molecule has 2 aliphatic rings. The van der Waals surface area contributed by atoms with Gasteiger partial charge in [0.05, 0.1) is 10.9 Å². The molecule has 0 saturated heterocycles. The van der Waals surface area contributed by atoms with Crippen LogP contribution in [-0.4, -0.2) is 4.98 Å². The summed E-state index contributed by atoms with van der Waals surface area (Å²) >= 11 is 1.89. The molecule has 1 aromatic heterocycles. The molecule has 33 heavy (non-hydrogen) atoms. The van der Waals surface area contributed by atoms with Crippen LogP contribution in [0.1, 0.15) is 22.3 Å². The van der Waals surface area contributed by atoms with Crippen LogP contribution in [0.5, 0.6) is 0 Å². The lowest BCUT2D eigenvalue weighted by molar-refractivity contribution is 0.723. The van der Waals surface area contributed by atoms with Gasteiger partial charge in [0, 0.05) is 31.6 Å². The molecule has 2 heterocycles. The van der Waals surface area contributed by atoms with Crippen molar-refractivity contribution >= 4 is 33.6 Å². The fourth-order valence-corrected chi connectivity index (χ4v) is 7.45. The molecule has 0 amide bonds. The fourth-order valence-electron chi connectivity index (χ4n) is 6.26. The number of hydrogen-bond acceptors (Lipinski definition) is 1. The van der Waals surface area contributed by atoms with Gasteiger partial charge in [0.2, 0.25) is 0 Å². The first kappa shape index (κ1) is 17.8. The lowest BCUT2D eigenvalue weighted by atomic mass is 9.67. The van der Waals surface area contributed by atoms with E-state index in [9.17, 15) is 0 Å². The third-order valence-electron chi connectivity index (χ3n) is 7.49. The second-order valence-corrected chi connectivity index (χ2v) is 10.1. The monoisotopic (exact) mass is 437 g/mol. The highest BCUT2D eigenvalue weighted by Crippen LogP contribution is 2.63. The molecular formula is C31H19NS. The van der Waals surface area contributed by atoms with E-state index >= 15 is 0 Å². The van der Waals surface area contributed by atoms with E-state index in [2.05, 4.69) is 114 Å². The molecule has 6 aromatic rings. The maximum absolute atomic E-state index is 3.78. The van der Waals surface area contributed by atoms with E-state index in [1.54, 1.807) is 0 Å². The van der Waals surface area contributed by atoms with Gasteiger partial charge < -0.3 is 4.98 Å². The molecular weight excluding hydrogens is 418 g/mol. The van der Waals surface area contributed by atoms with Gasteiger partial charge in [-0.05, 0) is 46.0 Å². The SMILES string of the molecule is c1ccc2c(c1)Sc1ccccc1C21c2ccccc2-c2c1ccc1c2[nH]c2ccccc21. The van der Waals surface area contributed by atoms with Crippen LogP contribution in [0.3, 0.4) is 0 Å². The minimum absolute atomic E-state index is 0.310. The Labute approximate surface area is 196 Å². The normalized spacial score (nSPS) is 14.8. The average molecular weight is 438 g/mol. The Balaban J connectivity index is 1.62. The van der Waals surface area contributed by atoms with Crippen molar-refractivity contribution in [1.29, 1.82) is 0 Å². The molecule has 2 heteroatoms. The molecule has 0 radical (unpaired) electrons. The van der Waals surface area contributed by atoms with Crippen molar-refractivity contribution in [2.24, 2.45) is 0 Å². The van der Waals surface area contributed by atoms with Crippen LogP contribution in [0.25, 0.3) is 32.9 Å². The van der Waals surface area contributed by atoms with Gasteiger partial charge in [-0.25, -0.2) is 0 Å². The minimum atomic E-state index is -0.310. The van der Waals surface area contributed by atoms with Gasteiger partial charge in [-0.15, -0.1) is 0 Å². The van der Waals surface area contributed by atoms with E-state index in [1.807, 2.05) is 11.8 Å². The third kappa shape index (κ3) is 2.06. The van der Waals surface area contributed by atoms with E-state index in [4.69, 9.17) is 0 Å². The summed E-state index contributed by atoms with van der Waals surface area (Å²) in [5.41, 5.74) is 10.3. The number of H-pyrrole nitrogens is 1. The first-order valence-electron chi connectivity index (χ1n) is 11.4. The zero-order valence-electron chi connectivity index (χ0n) is 17.8. The van der Waals surface area contributed by atoms with Gasteiger partial charge in [-0.1, -0.05) is 103 Å². The average Bonchev–Trinajstić information content (AvgIpc) is 3.39. The summed E-state index contributed by atoms with van der Waals surface area (Å²) in [6.07, 6.45) is 0. The van der Waals surface area contributed by atoms with Crippen molar-refractivity contribution in [3.05, 3.63) is 131 Å². The lowest BCUT2D eigenvalue weighted by Gasteiger charge is -2.39. The summed E-state index contributed by atoms with van der Waals surface area (Å²) in [6.45, 7) is 0. The van der Waals surface area contributed by atoms with Crippen LogP contribution in [0.15, 0.2) is 119 Å². The Morgan fingerprint density at radius 3 is 1.94 bits per heavy atom. The lowest BCUT2D eigenvalue weighted by Crippen LogP contribution is -2.31. The molecule has 0 bridgehead atoms. The highest BCUT2D eigenvalue weighted by atomic mass is 32.2. The molecule has 8 rings (SSSR count). The molecule has 0 atom stereocenters. The standard InChI is InChI=1S/C31H19NS/c1-3-11-22-21(10-1)29-25(18-17-20-19-9-2-6-14-26(19)32-30(20)29)31(22)23-12-4-7-15-27(23)33-28-16-8-5-13-24(28)31/h1-18,32H. The van der Waals surface area contributed by atoms with Crippen LogP contribution in [0.2, 0.25) is 0 Å². The fraction of sp³-hybridized carbons (Fsp3) is 0.0323. The van der Waals surface area contributed by atoms with Gasteiger partial charge >= 0.3 is 0 Å². The number of para-hydroxylation sites is 1. The van der Waals surface area contributed by atoms with Crippen molar-refractivity contribution in [2.45, 2.75) is 15.2 Å². The van der Waals surface area contributed by atoms with Crippen LogP contribution in [-0.2, 0) is 5.41 Å². The Hall–Kier alpha value is -3.75. The van der Waals surface area contributed by atoms with Gasteiger partial charge in [-0.2, -0.15) is 0 Å². The van der Waals surface area contributed by atoms with Crippen molar-refractivity contribution < 1.29 is 0 Å². The predicted molar refractivity (Wildman–Crippen MR) is 137 cm³/mol. The van der Waals surface area contributed by atoms with E-state index in [1.165, 1.54) is 65.0 Å². The number of aromatic amines is 1. The Morgan fingerprint density at radius 1 is 0.515 bits per heavy atom. The van der Waals surface area contributed by atoms with E-state index in [0.29, 0.717) is 0 Å². The molecule has 154 valence electrons. The molecule has 1 spiro atoms. The third-order valence-corrected chi connectivity index (χ3v) is 8.64. The minimum Gasteiger partial charge on any atom is -0.354 e. The number of hydrogen-bond donors (Lipinski definition) is 1. The van der Waals surface area contributed by atoms with Crippen molar-refractivity contribution in [3.63, 3.8) is 0 Å². The second kappa shape index (κ2) is 6.18. The summed E-state index contributed by atoms with van der Waals surface area (Å²) < 4.78 is 0. The quantitative estimate of drug-likeness (QED) is 0.253. The van der Waals surface area contributed by atoms with Crippen LogP contribution < -0.4 is 0 Å². The molecule has 0 unspecified atom stereocenters. The van der Waals surface area contributed by atoms with E-state index in [-0.39, 0.29) is 5.41 Å². The summed E-state index contributed by atoms with van der Waals surface area (Å²) in [7, 11) is 0. The van der Waals surface area contributed by atoms with Gasteiger partial charge in [0.1, 0.15) is 0 Å². The number of nitrogens with one attached hydrogen (secondary N) is 1. The van der Waals surface area contributed by atoms with Crippen molar-refractivity contribution in [1.82, 2.24) is 4.98 Å². The van der Waals surface area contributed by atoms with Gasteiger partial charge in [-0.3, -0.25) is 0 Å². The van der Waals surface area contributed by atoms with Crippen LogP contribution >= 0.6 is 11.8 Å². The second-order valence-electron chi connectivity index (χ2n) is 8.97. The molecule has 1 nitrogen and oxygen atoms in total. The number of rotatable bonds is 0. The van der Waals surface area contributed by atoms with Crippen LogP contribution in [0.4, 0.5) is 0 Å². The largest absolute Gasteiger partial charge is 0.354 e. The molecule has 0 fully saturated rings. The Morgan fingerprint density at radius 2 is 1.15 bits per heavy atom. The topological polar surface area (TPSA) is 15.8 Å². The van der Waals surface area contributed by atoms with Crippen molar-refractivity contribution in [3.8, 4) is 11.1 Å². The van der Waals surface area contributed by atoms with Crippen LogP contribution in [0, 0.1) is 0 Å². The molecule has 1 aliphatic carbocycles. The molecule has 1 N–H and O–H groups in total. The summed E-state index contributed by atoms with van der Waals surface area (Å²) in [5.74, 6) is 0. The molecule has 0 saturated carbocycles. The zero-order chi connectivity index (χ0) is 21.6. The highest BCUT2D eigenvalue weighted by molar-refractivity contribution is 7.99. The summed E-state index contributed by atoms with van der Waals surface area (Å²) in [5, 5.41) is 2.58. The van der Waals surface area contributed by atoms with E-state index < -0.39 is 0 Å². The Kier molecular flexibility index (Phi) is 3.33. The zero-order valence-corrected chi connectivity index (χ0v) is 18.6. The first-order chi connectivity index (χ1) is 16.4. The summed E-state index contributed by atoms with van der Waals surface area (Å²) in [4.78, 5) is 6.47. The van der Waals surface area contributed by atoms with E-state index in [0.717, 1.165) is 0 Å². The summed E-state index contributed by atoms with van der Waals surface area (Å²) in [6, 6.07) is 40.3. The first-order valence-corrected chi connectivity index (χ1v) is 12.2. The molecule has 5 aromatic carbocycles. The number of fused-ring (bicyclic) bond motifs is 13. The highest BCUT2D eigenvalue weighted by Gasteiger charge is 2.50. The van der Waals surface area contributed by atoms with Gasteiger partial charge in [0.15, 0.2) is 0 Å². The smallest absolute Gasteiger partial charge is 0.0736 e.